The zero-order chi connectivity index (χ0) is 16.8. The first-order chi connectivity index (χ1) is 11.5. The second-order valence-electron chi connectivity index (χ2n) is 6.94. The number of anilines is 1. The summed E-state index contributed by atoms with van der Waals surface area (Å²) in [6.45, 7) is 1.62. The number of ether oxygens (including phenoxy) is 2. The number of carbonyl (C=O) groups is 3. The lowest BCUT2D eigenvalue weighted by atomic mass is 9.80. The molecular weight excluding hydrogens is 310 g/mol. The lowest BCUT2D eigenvalue weighted by molar-refractivity contribution is -0.157. The highest BCUT2D eigenvalue weighted by Crippen LogP contribution is 2.57. The van der Waals surface area contributed by atoms with E-state index in [0.717, 1.165) is 18.4 Å². The molecule has 0 spiro atoms. The zero-order valence-electron chi connectivity index (χ0n) is 13.4. The number of rotatable bonds is 4. The average molecular weight is 329 g/mol. The predicted octanol–water partition coefficient (Wildman–Crippen LogP) is 1.67. The minimum absolute atomic E-state index is 0.0126. The Bertz CT molecular complexity index is 696. The van der Waals surface area contributed by atoms with Crippen LogP contribution in [0.15, 0.2) is 24.3 Å². The molecule has 1 N–H and O–H groups in total. The van der Waals surface area contributed by atoms with Crippen LogP contribution in [-0.4, -0.2) is 30.6 Å². The standard InChI is InChI=1S/C18H19NO5/c1-9-2-4-11(5-3-9)19-14(20)8-23-17(21)15-10-6-12-13(7-10)24-18(22)16(12)15/h2-5,10,12-13,15-16H,6-8H2,1H3,(H,19,20)/t10-,12-,13+,15-,16-/m0/s1. The number of nitrogens with one attached hydrogen (secondary N) is 1. The van der Waals surface area contributed by atoms with Crippen molar-refractivity contribution in [3.63, 3.8) is 0 Å². The highest BCUT2D eigenvalue weighted by molar-refractivity contribution is 5.93. The Morgan fingerprint density at radius 1 is 1.25 bits per heavy atom. The van der Waals surface area contributed by atoms with Crippen molar-refractivity contribution in [2.75, 3.05) is 11.9 Å². The molecule has 2 aliphatic carbocycles. The molecule has 5 atom stereocenters. The average Bonchev–Trinajstić information content (AvgIpc) is 3.16. The molecule has 0 aromatic heterocycles. The summed E-state index contributed by atoms with van der Waals surface area (Å²) in [5, 5.41) is 2.68. The molecule has 126 valence electrons. The van der Waals surface area contributed by atoms with Gasteiger partial charge in [-0.05, 0) is 37.8 Å². The van der Waals surface area contributed by atoms with Gasteiger partial charge < -0.3 is 14.8 Å². The predicted molar refractivity (Wildman–Crippen MR) is 83.8 cm³/mol. The van der Waals surface area contributed by atoms with E-state index >= 15 is 0 Å². The smallest absolute Gasteiger partial charge is 0.310 e. The normalized spacial score (nSPS) is 32.5. The summed E-state index contributed by atoms with van der Waals surface area (Å²) < 4.78 is 10.5. The maximum atomic E-state index is 12.4. The van der Waals surface area contributed by atoms with Crippen LogP contribution < -0.4 is 5.32 Å². The molecule has 2 bridgehead atoms. The Balaban J connectivity index is 1.33. The maximum absolute atomic E-state index is 12.4. The number of benzene rings is 1. The lowest BCUT2D eigenvalue weighted by Gasteiger charge is -2.22. The Morgan fingerprint density at radius 2 is 2.00 bits per heavy atom. The monoisotopic (exact) mass is 329 g/mol. The summed E-state index contributed by atoms with van der Waals surface area (Å²) >= 11 is 0. The molecule has 1 amide bonds. The van der Waals surface area contributed by atoms with Crippen molar-refractivity contribution >= 4 is 23.5 Å². The summed E-state index contributed by atoms with van der Waals surface area (Å²) in [5.74, 6) is -1.65. The van der Waals surface area contributed by atoms with Gasteiger partial charge in [0.15, 0.2) is 6.61 Å². The molecule has 6 nitrogen and oxygen atoms in total. The summed E-state index contributed by atoms with van der Waals surface area (Å²) in [5.41, 5.74) is 1.75. The van der Waals surface area contributed by atoms with Gasteiger partial charge in [-0.3, -0.25) is 14.4 Å². The third-order valence-electron chi connectivity index (χ3n) is 5.44. The number of fused-ring (bicyclic) bond motifs is 1. The summed E-state index contributed by atoms with van der Waals surface area (Å²) in [7, 11) is 0. The van der Waals surface area contributed by atoms with E-state index in [1.54, 1.807) is 12.1 Å². The Hall–Kier alpha value is -2.37. The Kier molecular flexibility index (Phi) is 3.55. The summed E-state index contributed by atoms with van der Waals surface area (Å²) in [4.78, 5) is 36.2. The van der Waals surface area contributed by atoms with Crippen LogP contribution in [0.3, 0.4) is 0 Å². The molecular formula is C18H19NO5. The van der Waals surface area contributed by atoms with E-state index < -0.39 is 11.9 Å². The van der Waals surface area contributed by atoms with Crippen molar-refractivity contribution in [2.24, 2.45) is 23.7 Å². The lowest BCUT2D eigenvalue weighted by Crippen LogP contribution is -2.34. The largest absolute Gasteiger partial charge is 0.462 e. The van der Waals surface area contributed by atoms with Crippen LogP contribution in [-0.2, 0) is 23.9 Å². The van der Waals surface area contributed by atoms with Gasteiger partial charge in [0.05, 0.1) is 11.8 Å². The summed E-state index contributed by atoms with van der Waals surface area (Å²) in [6.07, 6.45) is 1.57. The molecule has 4 rings (SSSR count). The van der Waals surface area contributed by atoms with Crippen molar-refractivity contribution in [2.45, 2.75) is 25.9 Å². The number of amides is 1. The molecule has 1 aromatic rings. The van der Waals surface area contributed by atoms with Crippen LogP contribution in [0.2, 0.25) is 0 Å². The maximum Gasteiger partial charge on any atom is 0.310 e. The van der Waals surface area contributed by atoms with Gasteiger partial charge in [-0.25, -0.2) is 0 Å². The molecule has 24 heavy (non-hydrogen) atoms. The van der Waals surface area contributed by atoms with E-state index in [9.17, 15) is 14.4 Å². The van der Waals surface area contributed by atoms with E-state index in [0.29, 0.717) is 5.69 Å². The minimum Gasteiger partial charge on any atom is -0.462 e. The molecule has 6 heteroatoms. The van der Waals surface area contributed by atoms with Gasteiger partial charge in [-0.2, -0.15) is 0 Å². The molecule has 2 saturated carbocycles. The van der Waals surface area contributed by atoms with E-state index in [-0.39, 0.29) is 42.3 Å². The first-order valence-corrected chi connectivity index (χ1v) is 8.26. The van der Waals surface area contributed by atoms with Gasteiger partial charge >= 0.3 is 11.9 Å². The van der Waals surface area contributed by atoms with Gasteiger partial charge in [0.25, 0.3) is 5.91 Å². The number of carbonyl (C=O) groups excluding carboxylic acids is 3. The molecule has 1 heterocycles. The number of hydrogen-bond acceptors (Lipinski definition) is 5. The number of aryl methyl sites for hydroxylation is 1. The van der Waals surface area contributed by atoms with E-state index in [4.69, 9.17) is 9.47 Å². The second-order valence-corrected chi connectivity index (χ2v) is 6.94. The first kappa shape index (κ1) is 15.2. The van der Waals surface area contributed by atoms with Gasteiger partial charge in [-0.1, -0.05) is 17.7 Å². The van der Waals surface area contributed by atoms with Crippen LogP contribution in [0, 0.1) is 30.6 Å². The zero-order valence-corrected chi connectivity index (χ0v) is 13.4. The van der Waals surface area contributed by atoms with Gasteiger partial charge in [0.2, 0.25) is 0 Å². The second kappa shape index (κ2) is 5.61. The van der Waals surface area contributed by atoms with Crippen LogP contribution in [0.4, 0.5) is 5.69 Å². The van der Waals surface area contributed by atoms with E-state index in [1.807, 2.05) is 19.1 Å². The third-order valence-corrected chi connectivity index (χ3v) is 5.44. The molecule has 0 unspecified atom stereocenters. The fraction of sp³-hybridized carbons (Fsp3) is 0.500. The van der Waals surface area contributed by atoms with Gasteiger partial charge in [-0.15, -0.1) is 0 Å². The third kappa shape index (κ3) is 2.46. The van der Waals surface area contributed by atoms with Gasteiger partial charge in [0, 0.05) is 11.6 Å². The van der Waals surface area contributed by atoms with Crippen molar-refractivity contribution in [1.82, 2.24) is 0 Å². The van der Waals surface area contributed by atoms with Crippen LogP contribution in [0.5, 0.6) is 0 Å². The molecule has 3 aliphatic rings. The summed E-state index contributed by atoms with van der Waals surface area (Å²) in [6, 6.07) is 7.36. The van der Waals surface area contributed by atoms with Crippen molar-refractivity contribution < 1.29 is 23.9 Å². The van der Waals surface area contributed by atoms with Crippen molar-refractivity contribution in [1.29, 1.82) is 0 Å². The molecule has 1 saturated heterocycles. The molecule has 1 aromatic carbocycles. The first-order valence-electron chi connectivity index (χ1n) is 8.26. The van der Waals surface area contributed by atoms with Crippen LogP contribution in [0.1, 0.15) is 18.4 Å². The fourth-order valence-corrected chi connectivity index (χ4v) is 4.39. The van der Waals surface area contributed by atoms with Gasteiger partial charge in [0.1, 0.15) is 6.10 Å². The van der Waals surface area contributed by atoms with Crippen molar-refractivity contribution in [3.8, 4) is 0 Å². The highest BCUT2D eigenvalue weighted by atomic mass is 16.6. The Morgan fingerprint density at radius 3 is 2.75 bits per heavy atom. The fourth-order valence-electron chi connectivity index (χ4n) is 4.39. The molecule has 1 aliphatic heterocycles. The number of esters is 2. The van der Waals surface area contributed by atoms with Crippen molar-refractivity contribution in [3.05, 3.63) is 29.8 Å². The Labute approximate surface area is 139 Å². The quantitative estimate of drug-likeness (QED) is 0.850. The minimum atomic E-state index is -0.455. The van der Waals surface area contributed by atoms with Crippen LogP contribution >= 0.6 is 0 Å². The highest BCUT2D eigenvalue weighted by Gasteiger charge is 2.64. The van der Waals surface area contributed by atoms with E-state index in [2.05, 4.69) is 5.32 Å². The van der Waals surface area contributed by atoms with Crippen LogP contribution in [0.25, 0.3) is 0 Å². The van der Waals surface area contributed by atoms with E-state index in [1.165, 1.54) is 0 Å². The molecule has 0 radical (unpaired) electrons. The topological polar surface area (TPSA) is 81.7 Å². The molecule has 3 fully saturated rings. The number of hydrogen-bond donors (Lipinski definition) is 1. The SMILES string of the molecule is Cc1ccc(NC(=O)COC(=O)[C@H]2[C@H]3C[C@@H]4[C@@H]2C(=O)O[C@@H]4C3)cc1.